The summed E-state index contributed by atoms with van der Waals surface area (Å²) in [6.45, 7) is 0. The number of carbonyl (C=O) groups is 1. The van der Waals surface area contributed by atoms with E-state index in [-0.39, 0.29) is 18.1 Å². The second-order valence-electron chi connectivity index (χ2n) is 7.04. The third-order valence-corrected chi connectivity index (χ3v) is 5.08. The van der Waals surface area contributed by atoms with Crippen molar-refractivity contribution in [3.63, 3.8) is 0 Å². The number of carbonyl (C=O) groups excluding carboxylic acids is 1. The van der Waals surface area contributed by atoms with Crippen LogP contribution in [0.15, 0.2) is 36.5 Å². The summed E-state index contributed by atoms with van der Waals surface area (Å²) in [6, 6.07) is 10.1. The van der Waals surface area contributed by atoms with Gasteiger partial charge >= 0.3 is 0 Å². The minimum Gasteiger partial charge on any atom is -0.393 e. The first-order valence-corrected chi connectivity index (χ1v) is 8.51. The molecule has 2 aliphatic carbocycles. The third kappa shape index (κ3) is 3.22. The van der Waals surface area contributed by atoms with Gasteiger partial charge in [0.1, 0.15) is 0 Å². The van der Waals surface area contributed by atoms with Crippen LogP contribution in [0.5, 0.6) is 0 Å². The van der Waals surface area contributed by atoms with Crippen molar-refractivity contribution in [3.05, 3.63) is 42.1 Å². The van der Waals surface area contributed by atoms with E-state index in [2.05, 4.69) is 16.4 Å². The molecule has 2 aromatic rings. The van der Waals surface area contributed by atoms with E-state index in [1.54, 1.807) is 0 Å². The van der Waals surface area contributed by atoms with E-state index < -0.39 is 0 Å². The average Bonchev–Trinajstić information content (AvgIpc) is 3.33. The summed E-state index contributed by atoms with van der Waals surface area (Å²) in [4.78, 5) is 16.8. The smallest absolute Gasteiger partial charge is 0.220 e. The van der Waals surface area contributed by atoms with E-state index in [1.165, 1.54) is 12.8 Å². The van der Waals surface area contributed by atoms with Crippen molar-refractivity contribution in [2.24, 2.45) is 11.8 Å². The van der Waals surface area contributed by atoms with Crippen LogP contribution in [0.25, 0.3) is 10.9 Å². The van der Waals surface area contributed by atoms with Crippen LogP contribution in [0.4, 0.5) is 0 Å². The van der Waals surface area contributed by atoms with E-state index in [9.17, 15) is 9.90 Å². The molecule has 0 radical (unpaired) electrons. The molecular weight excluding hydrogens is 288 g/mol. The maximum absolute atomic E-state index is 12.3. The molecule has 4 rings (SSSR count). The number of benzene rings is 1. The van der Waals surface area contributed by atoms with Crippen LogP contribution in [0.3, 0.4) is 0 Å². The van der Waals surface area contributed by atoms with Crippen LogP contribution in [0.2, 0.25) is 0 Å². The minimum absolute atomic E-state index is 0.0400. The molecule has 1 amide bonds. The molecule has 0 aliphatic heterocycles. The van der Waals surface area contributed by atoms with Gasteiger partial charge in [-0.3, -0.25) is 9.78 Å². The summed E-state index contributed by atoms with van der Waals surface area (Å²) in [5.74, 6) is 1.01. The van der Waals surface area contributed by atoms with E-state index in [0.717, 1.165) is 29.3 Å². The Morgan fingerprint density at radius 1 is 1.30 bits per heavy atom. The maximum atomic E-state index is 12.3. The Labute approximate surface area is 135 Å². The zero-order valence-corrected chi connectivity index (χ0v) is 13.1. The Morgan fingerprint density at radius 2 is 2.09 bits per heavy atom. The number of aromatic nitrogens is 1. The van der Waals surface area contributed by atoms with Crippen LogP contribution in [-0.2, 0) is 4.79 Å². The van der Waals surface area contributed by atoms with Gasteiger partial charge in [-0.2, -0.15) is 0 Å². The largest absolute Gasteiger partial charge is 0.393 e. The van der Waals surface area contributed by atoms with Crippen LogP contribution in [0.1, 0.15) is 43.7 Å². The van der Waals surface area contributed by atoms with Crippen LogP contribution in [0, 0.1) is 11.8 Å². The molecule has 2 saturated carbocycles. The Morgan fingerprint density at radius 3 is 2.83 bits per heavy atom. The highest BCUT2D eigenvalue weighted by molar-refractivity contribution is 5.80. The quantitative estimate of drug-likeness (QED) is 0.892. The number of para-hydroxylation sites is 1. The van der Waals surface area contributed by atoms with Crippen molar-refractivity contribution in [1.82, 2.24) is 10.3 Å². The second kappa shape index (κ2) is 5.93. The fourth-order valence-electron chi connectivity index (χ4n) is 3.45. The molecule has 0 spiro atoms. The van der Waals surface area contributed by atoms with Gasteiger partial charge in [0.15, 0.2) is 0 Å². The van der Waals surface area contributed by atoms with Crippen molar-refractivity contribution in [3.8, 4) is 0 Å². The molecule has 4 nitrogen and oxygen atoms in total. The molecule has 2 fully saturated rings. The number of nitrogens with zero attached hydrogens (tertiary/aromatic N) is 1. The number of pyridine rings is 1. The number of amides is 1. The van der Waals surface area contributed by atoms with Crippen molar-refractivity contribution in [2.45, 2.75) is 44.2 Å². The molecule has 0 bridgehead atoms. The number of hydrogen-bond donors (Lipinski definition) is 2. The first kappa shape index (κ1) is 14.6. The van der Waals surface area contributed by atoms with Gasteiger partial charge in [-0.1, -0.05) is 18.2 Å². The lowest BCUT2D eigenvalue weighted by Gasteiger charge is -2.38. The lowest BCUT2D eigenvalue weighted by Crippen LogP contribution is -2.41. The molecule has 2 N–H and O–H groups in total. The van der Waals surface area contributed by atoms with Crippen LogP contribution < -0.4 is 5.32 Å². The average molecular weight is 310 g/mol. The number of hydrogen-bond acceptors (Lipinski definition) is 3. The van der Waals surface area contributed by atoms with Gasteiger partial charge in [0.25, 0.3) is 0 Å². The molecule has 1 aromatic heterocycles. The topological polar surface area (TPSA) is 62.2 Å². The first-order chi connectivity index (χ1) is 11.2. The Balaban J connectivity index is 1.58. The third-order valence-electron chi connectivity index (χ3n) is 5.08. The van der Waals surface area contributed by atoms with Crippen molar-refractivity contribution < 1.29 is 9.90 Å². The summed E-state index contributed by atoms with van der Waals surface area (Å²) in [5.41, 5.74) is 2.01. The Kier molecular flexibility index (Phi) is 3.77. The summed E-state index contributed by atoms with van der Waals surface area (Å²) in [5, 5.41) is 13.9. The molecule has 120 valence electrons. The summed E-state index contributed by atoms with van der Waals surface area (Å²) in [7, 11) is 0. The summed E-state index contributed by atoms with van der Waals surface area (Å²) in [6.07, 6.45) is 6.14. The van der Waals surface area contributed by atoms with Crippen molar-refractivity contribution >= 4 is 16.8 Å². The van der Waals surface area contributed by atoms with Gasteiger partial charge in [-0.25, -0.2) is 0 Å². The minimum atomic E-state index is -0.226. The Hall–Kier alpha value is -1.94. The highest BCUT2D eigenvalue weighted by Gasteiger charge is 2.36. The number of nitrogens with one attached hydrogen (secondary N) is 1. The molecule has 1 heterocycles. The predicted molar refractivity (Wildman–Crippen MR) is 88.7 cm³/mol. The van der Waals surface area contributed by atoms with Crippen LogP contribution in [-0.4, -0.2) is 22.1 Å². The molecule has 2 aliphatic rings. The number of rotatable bonds is 5. The molecule has 1 aromatic carbocycles. The molecule has 1 atom stereocenters. The van der Waals surface area contributed by atoms with E-state index in [4.69, 9.17) is 0 Å². The highest BCUT2D eigenvalue weighted by atomic mass is 16.3. The molecule has 0 saturated heterocycles. The zero-order valence-electron chi connectivity index (χ0n) is 13.1. The predicted octanol–water partition coefficient (Wildman–Crippen LogP) is 2.96. The zero-order chi connectivity index (χ0) is 15.8. The number of fused-ring (bicyclic) bond motifs is 1. The summed E-state index contributed by atoms with van der Waals surface area (Å²) < 4.78 is 0. The summed E-state index contributed by atoms with van der Waals surface area (Å²) >= 11 is 0. The normalized spacial score (nSPS) is 24.9. The van der Waals surface area contributed by atoms with Gasteiger partial charge in [-0.15, -0.1) is 0 Å². The molecular formula is C19H22N2O2. The molecule has 4 heteroatoms. The van der Waals surface area contributed by atoms with Gasteiger partial charge in [0.05, 0.1) is 17.7 Å². The van der Waals surface area contributed by atoms with Crippen LogP contribution >= 0.6 is 0 Å². The van der Waals surface area contributed by atoms with E-state index in [0.29, 0.717) is 18.3 Å². The van der Waals surface area contributed by atoms with Gasteiger partial charge < -0.3 is 10.4 Å². The number of aliphatic hydroxyl groups excluding tert-OH is 1. The van der Waals surface area contributed by atoms with E-state index in [1.807, 2.05) is 30.5 Å². The fourth-order valence-corrected chi connectivity index (χ4v) is 3.45. The van der Waals surface area contributed by atoms with Crippen molar-refractivity contribution in [1.29, 1.82) is 0 Å². The maximum Gasteiger partial charge on any atom is 0.220 e. The monoisotopic (exact) mass is 310 g/mol. The standard InChI is InChI=1S/C19H22N2O2/c22-16-9-14(10-16)19(21-18(23)7-12-5-6-12)15-8-13-3-1-2-4-17(13)20-11-15/h1-4,8,11-12,14,16,19,22H,5-7,9-10H2,(H,21,23)/t14?,16?,19-/m1/s1. The lowest BCUT2D eigenvalue weighted by molar-refractivity contribution is -0.123. The van der Waals surface area contributed by atoms with Gasteiger partial charge in [0.2, 0.25) is 5.91 Å². The van der Waals surface area contributed by atoms with Crippen molar-refractivity contribution in [2.75, 3.05) is 0 Å². The van der Waals surface area contributed by atoms with Gasteiger partial charge in [0, 0.05) is 18.0 Å². The van der Waals surface area contributed by atoms with E-state index >= 15 is 0 Å². The molecule has 23 heavy (non-hydrogen) atoms. The van der Waals surface area contributed by atoms with Gasteiger partial charge in [-0.05, 0) is 55.2 Å². The lowest BCUT2D eigenvalue weighted by atomic mass is 9.75. The SMILES string of the molecule is O=C(CC1CC1)N[C@@H](c1cnc2ccccc2c1)C1CC(O)C1. The number of aliphatic hydroxyl groups is 1. The highest BCUT2D eigenvalue weighted by Crippen LogP contribution is 2.39. The molecule has 0 unspecified atom stereocenters. The first-order valence-electron chi connectivity index (χ1n) is 8.51. The fraction of sp³-hybridized carbons (Fsp3) is 0.474. The second-order valence-corrected chi connectivity index (χ2v) is 7.04. The Bertz CT molecular complexity index is 720.